The molecule has 0 heterocycles. The molecule has 0 N–H and O–H groups in total. The Morgan fingerprint density at radius 1 is 1.31 bits per heavy atom. The summed E-state index contributed by atoms with van der Waals surface area (Å²) in [4.78, 5) is 0. The summed E-state index contributed by atoms with van der Waals surface area (Å²) >= 11 is 0. The van der Waals surface area contributed by atoms with Crippen LogP contribution in [0.5, 0.6) is 0 Å². The fraction of sp³-hybridized carbons (Fsp3) is 0.154. The van der Waals surface area contributed by atoms with Crippen LogP contribution in [0.25, 0.3) is 0 Å². The van der Waals surface area contributed by atoms with E-state index in [0.717, 1.165) is 6.08 Å². The SMILES string of the molecule is N#Cc1ccccc1C1(F)C=CC(F)=CC1. The molecule has 0 saturated heterocycles. The lowest BCUT2D eigenvalue weighted by atomic mass is 9.86. The number of nitriles is 1. The molecule has 80 valence electrons. The molecule has 0 amide bonds. The Morgan fingerprint density at radius 3 is 2.69 bits per heavy atom. The van der Waals surface area contributed by atoms with Gasteiger partial charge in [0.15, 0.2) is 5.67 Å². The molecule has 0 fully saturated rings. The summed E-state index contributed by atoms with van der Waals surface area (Å²) in [5, 5.41) is 8.89. The molecule has 0 bridgehead atoms. The van der Waals surface area contributed by atoms with Crippen LogP contribution < -0.4 is 0 Å². The Kier molecular flexibility index (Phi) is 2.57. The van der Waals surface area contributed by atoms with Crippen LogP contribution in [0.4, 0.5) is 8.78 Å². The number of rotatable bonds is 1. The Hall–Kier alpha value is -1.95. The fourth-order valence-electron chi connectivity index (χ4n) is 1.74. The largest absolute Gasteiger partial charge is 0.234 e. The molecule has 1 aromatic rings. The van der Waals surface area contributed by atoms with E-state index >= 15 is 0 Å². The summed E-state index contributed by atoms with van der Waals surface area (Å²) in [5.41, 5.74) is -1.20. The van der Waals surface area contributed by atoms with Crippen molar-refractivity contribution in [3.8, 4) is 6.07 Å². The van der Waals surface area contributed by atoms with Crippen molar-refractivity contribution in [2.45, 2.75) is 12.1 Å². The normalized spacial score (nSPS) is 23.7. The molecule has 0 spiro atoms. The molecule has 3 heteroatoms. The number of benzene rings is 1. The summed E-state index contributed by atoms with van der Waals surface area (Å²) in [6, 6.07) is 8.39. The van der Waals surface area contributed by atoms with Crippen molar-refractivity contribution < 1.29 is 8.78 Å². The van der Waals surface area contributed by atoms with Gasteiger partial charge >= 0.3 is 0 Å². The Labute approximate surface area is 92.3 Å². The number of halogens is 2. The van der Waals surface area contributed by atoms with Gasteiger partial charge in [0.05, 0.1) is 11.6 Å². The molecule has 1 nitrogen and oxygen atoms in total. The number of allylic oxidation sites excluding steroid dienone is 4. The van der Waals surface area contributed by atoms with Crippen molar-refractivity contribution in [1.29, 1.82) is 5.26 Å². The van der Waals surface area contributed by atoms with Gasteiger partial charge in [0, 0.05) is 12.0 Å². The molecule has 1 aromatic carbocycles. The van der Waals surface area contributed by atoms with Gasteiger partial charge in [0.1, 0.15) is 5.83 Å². The number of nitrogens with zero attached hydrogens (tertiary/aromatic N) is 1. The third kappa shape index (κ3) is 1.74. The van der Waals surface area contributed by atoms with Crippen LogP contribution in [0, 0.1) is 11.3 Å². The molecule has 1 aliphatic carbocycles. The number of hydrogen-bond acceptors (Lipinski definition) is 1. The van der Waals surface area contributed by atoms with Gasteiger partial charge in [-0.1, -0.05) is 18.2 Å². The Balaban J connectivity index is 2.46. The summed E-state index contributed by atoms with van der Waals surface area (Å²) in [5.74, 6) is -0.442. The highest BCUT2D eigenvalue weighted by Crippen LogP contribution is 2.37. The number of alkyl halides is 1. The minimum atomic E-state index is -1.78. The summed E-state index contributed by atoms with van der Waals surface area (Å²) in [6.45, 7) is 0. The first-order valence-electron chi connectivity index (χ1n) is 4.89. The van der Waals surface area contributed by atoms with Crippen molar-refractivity contribution in [3.63, 3.8) is 0 Å². The lowest BCUT2D eigenvalue weighted by Gasteiger charge is -2.23. The lowest BCUT2D eigenvalue weighted by Crippen LogP contribution is -2.19. The smallest absolute Gasteiger partial charge is 0.159 e. The molecule has 0 aromatic heterocycles. The molecule has 16 heavy (non-hydrogen) atoms. The minimum Gasteiger partial charge on any atom is -0.234 e. The van der Waals surface area contributed by atoms with Gasteiger partial charge in [-0.3, -0.25) is 0 Å². The van der Waals surface area contributed by atoms with E-state index in [1.807, 2.05) is 6.07 Å². The van der Waals surface area contributed by atoms with Crippen LogP contribution in [-0.4, -0.2) is 0 Å². The van der Waals surface area contributed by atoms with Crippen LogP contribution in [0.15, 0.2) is 48.3 Å². The quantitative estimate of drug-likeness (QED) is 0.705. The third-order valence-electron chi connectivity index (χ3n) is 2.60. The van der Waals surface area contributed by atoms with Gasteiger partial charge in [-0.25, -0.2) is 8.78 Å². The maximum atomic E-state index is 14.5. The molecule has 1 aliphatic rings. The van der Waals surface area contributed by atoms with E-state index in [0.29, 0.717) is 0 Å². The predicted octanol–water partition coefficient (Wildman–Crippen LogP) is 3.54. The van der Waals surface area contributed by atoms with Crippen molar-refractivity contribution in [1.82, 2.24) is 0 Å². The predicted molar refractivity (Wildman–Crippen MR) is 56.9 cm³/mol. The summed E-state index contributed by atoms with van der Waals surface area (Å²) < 4.78 is 27.2. The van der Waals surface area contributed by atoms with E-state index in [-0.39, 0.29) is 17.5 Å². The average molecular weight is 217 g/mol. The Bertz CT molecular complexity index is 511. The van der Waals surface area contributed by atoms with Gasteiger partial charge in [-0.15, -0.1) is 0 Å². The molecule has 0 radical (unpaired) electrons. The highest BCUT2D eigenvalue weighted by atomic mass is 19.1. The minimum absolute atomic E-state index is 0.0754. The second kappa shape index (κ2) is 3.90. The van der Waals surface area contributed by atoms with Crippen LogP contribution in [0.3, 0.4) is 0 Å². The maximum Gasteiger partial charge on any atom is 0.159 e. The zero-order valence-electron chi connectivity index (χ0n) is 8.45. The van der Waals surface area contributed by atoms with E-state index in [4.69, 9.17) is 5.26 Å². The van der Waals surface area contributed by atoms with Gasteiger partial charge in [0.25, 0.3) is 0 Å². The molecule has 2 rings (SSSR count). The molecular formula is C13H9F2N. The Morgan fingerprint density at radius 2 is 2.06 bits per heavy atom. The molecule has 0 aliphatic heterocycles. The van der Waals surface area contributed by atoms with E-state index < -0.39 is 11.5 Å². The average Bonchev–Trinajstić information content (AvgIpc) is 2.33. The zero-order valence-corrected chi connectivity index (χ0v) is 8.45. The highest BCUT2D eigenvalue weighted by Gasteiger charge is 2.32. The topological polar surface area (TPSA) is 23.8 Å². The van der Waals surface area contributed by atoms with E-state index in [1.54, 1.807) is 24.3 Å². The van der Waals surface area contributed by atoms with Gasteiger partial charge in [0.2, 0.25) is 0 Å². The molecule has 1 atom stereocenters. The molecular weight excluding hydrogens is 208 g/mol. The zero-order chi connectivity index (χ0) is 11.6. The second-order valence-electron chi connectivity index (χ2n) is 3.65. The van der Waals surface area contributed by atoms with Gasteiger partial charge < -0.3 is 0 Å². The van der Waals surface area contributed by atoms with Crippen LogP contribution >= 0.6 is 0 Å². The van der Waals surface area contributed by atoms with Crippen LogP contribution in [0.1, 0.15) is 17.5 Å². The first kappa shape index (κ1) is 10.6. The van der Waals surface area contributed by atoms with E-state index in [1.165, 1.54) is 12.2 Å². The number of hydrogen-bond donors (Lipinski definition) is 0. The fourth-order valence-corrected chi connectivity index (χ4v) is 1.74. The highest BCUT2D eigenvalue weighted by molar-refractivity contribution is 5.45. The van der Waals surface area contributed by atoms with E-state index in [2.05, 4.69) is 0 Å². The van der Waals surface area contributed by atoms with Crippen LogP contribution in [0.2, 0.25) is 0 Å². The first-order chi connectivity index (χ1) is 7.65. The summed E-state index contributed by atoms with van der Waals surface area (Å²) in [7, 11) is 0. The van der Waals surface area contributed by atoms with E-state index in [9.17, 15) is 8.78 Å². The second-order valence-corrected chi connectivity index (χ2v) is 3.65. The molecule has 1 unspecified atom stereocenters. The van der Waals surface area contributed by atoms with Gasteiger partial charge in [-0.2, -0.15) is 5.26 Å². The van der Waals surface area contributed by atoms with Crippen molar-refractivity contribution in [3.05, 3.63) is 59.4 Å². The van der Waals surface area contributed by atoms with Crippen molar-refractivity contribution in [2.75, 3.05) is 0 Å². The third-order valence-corrected chi connectivity index (χ3v) is 2.60. The standard InChI is InChI=1S/C13H9F2N/c14-11-5-7-13(15,8-6-11)12-4-2-1-3-10(12)9-16/h1-7H,8H2. The van der Waals surface area contributed by atoms with Crippen molar-refractivity contribution >= 4 is 0 Å². The maximum absolute atomic E-state index is 14.5. The van der Waals surface area contributed by atoms with Crippen LogP contribution in [-0.2, 0) is 5.67 Å². The monoisotopic (exact) mass is 217 g/mol. The summed E-state index contributed by atoms with van der Waals surface area (Å²) in [6.07, 6.45) is 3.37. The lowest BCUT2D eigenvalue weighted by molar-refractivity contribution is 0.232. The van der Waals surface area contributed by atoms with Crippen molar-refractivity contribution in [2.24, 2.45) is 0 Å². The first-order valence-corrected chi connectivity index (χ1v) is 4.89. The van der Waals surface area contributed by atoms with Gasteiger partial charge in [-0.05, 0) is 24.3 Å². The molecule has 0 saturated carbocycles.